The zero-order valence-corrected chi connectivity index (χ0v) is 16.4. The van der Waals surface area contributed by atoms with Crippen LogP contribution in [0.5, 0.6) is 5.75 Å². The number of ether oxygens (including phenoxy) is 2. The summed E-state index contributed by atoms with van der Waals surface area (Å²) < 4.78 is 23.4. The highest BCUT2D eigenvalue weighted by Crippen LogP contribution is 2.39. The van der Waals surface area contributed by atoms with Crippen molar-refractivity contribution in [3.05, 3.63) is 78.4 Å². The standard InChI is InChI=1S/C22H19FN4O4/c23-8-9-29-20-6-4-18(5-7-20)22(13-30-21(26-22)27-31-15-28)19-3-1-2-16(10-19)17-11-24-14-25-12-17/h1-7,10-12,14-15H,8-9,13H2,(H,26,27). The molecule has 0 spiro atoms. The van der Waals surface area contributed by atoms with Gasteiger partial charge in [0.1, 0.15) is 32.0 Å². The number of nitrogens with one attached hydrogen (secondary N) is 1. The van der Waals surface area contributed by atoms with Gasteiger partial charge in [-0.05, 0) is 34.9 Å². The summed E-state index contributed by atoms with van der Waals surface area (Å²) >= 11 is 0. The van der Waals surface area contributed by atoms with Gasteiger partial charge in [0.05, 0.1) is 0 Å². The van der Waals surface area contributed by atoms with Crippen molar-refractivity contribution in [2.24, 2.45) is 4.99 Å². The van der Waals surface area contributed by atoms with Crippen molar-refractivity contribution < 1.29 is 23.5 Å². The Bertz CT molecular complexity index is 1060. The normalized spacial score (nSPS) is 17.4. The van der Waals surface area contributed by atoms with E-state index in [1.807, 2.05) is 36.4 Å². The van der Waals surface area contributed by atoms with E-state index >= 15 is 0 Å². The fraction of sp³-hybridized carbons (Fsp3) is 0.182. The second-order valence-corrected chi connectivity index (χ2v) is 6.65. The molecule has 0 amide bonds. The fourth-order valence-corrected chi connectivity index (χ4v) is 3.39. The van der Waals surface area contributed by atoms with E-state index in [0.29, 0.717) is 5.75 Å². The topological polar surface area (TPSA) is 94.9 Å². The number of benzene rings is 2. The molecule has 1 aliphatic heterocycles. The first-order valence-electron chi connectivity index (χ1n) is 9.48. The Hall–Kier alpha value is -4.01. The molecule has 0 fully saturated rings. The van der Waals surface area contributed by atoms with Crippen LogP contribution in [0.25, 0.3) is 11.1 Å². The van der Waals surface area contributed by atoms with Crippen molar-refractivity contribution in [3.8, 4) is 16.9 Å². The van der Waals surface area contributed by atoms with Gasteiger partial charge in [0, 0.05) is 18.0 Å². The van der Waals surface area contributed by atoms with Crippen molar-refractivity contribution >= 4 is 12.5 Å². The zero-order valence-electron chi connectivity index (χ0n) is 16.4. The van der Waals surface area contributed by atoms with Gasteiger partial charge in [-0.3, -0.25) is 4.79 Å². The maximum atomic E-state index is 12.4. The molecule has 0 bridgehead atoms. The summed E-state index contributed by atoms with van der Waals surface area (Å²) in [6, 6.07) is 15.1. The van der Waals surface area contributed by atoms with Crippen LogP contribution in [0.2, 0.25) is 0 Å². The van der Waals surface area contributed by atoms with Crippen LogP contribution in [0.1, 0.15) is 11.1 Å². The van der Waals surface area contributed by atoms with E-state index in [4.69, 9.17) is 14.5 Å². The van der Waals surface area contributed by atoms with Gasteiger partial charge in [0.2, 0.25) is 0 Å². The number of carbonyl (C=O) groups excluding carboxylic acids is 1. The van der Waals surface area contributed by atoms with E-state index < -0.39 is 12.2 Å². The predicted octanol–water partition coefficient (Wildman–Crippen LogP) is 2.80. The van der Waals surface area contributed by atoms with Crippen LogP contribution >= 0.6 is 0 Å². The minimum Gasteiger partial charge on any atom is -0.491 e. The maximum absolute atomic E-state index is 12.4. The van der Waals surface area contributed by atoms with Crippen molar-refractivity contribution in [2.75, 3.05) is 19.9 Å². The van der Waals surface area contributed by atoms with Gasteiger partial charge in [-0.15, -0.1) is 0 Å². The molecule has 1 unspecified atom stereocenters. The molecule has 4 rings (SSSR count). The molecule has 158 valence electrons. The smallest absolute Gasteiger partial charge is 0.320 e. The summed E-state index contributed by atoms with van der Waals surface area (Å²) in [5.41, 5.74) is 4.94. The summed E-state index contributed by atoms with van der Waals surface area (Å²) in [6.45, 7) is -0.147. The lowest BCUT2D eigenvalue weighted by Gasteiger charge is -2.26. The summed E-state index contributed by atoms with van der Waals surface area (Å²) in [4.78, 5) is 28.0. The number of halogens is 1. The third-order valence-corrected chi connectivity index (χ3v) is 4.82. The highest BCUT2D eigenvalue weighted by atomic mass is 19.1. The Morgan fingerprint density at radius 1 is 1.10 bits per heavy atom. The fourth-order valence-electron chi connectivity index (χ4n) is 3.39. The van der Waals surface area contributed by atoms with Gasteiger partial charge in [-0.2, -0.15) is 5.48 Å². The minimum absolute atomic E-state index is 0.00987. The summed E-state index contributed by atoms with van der Waals surface area (Å²) in [5, 5.41) is 0. The van der Waals surface area contributed by atoms with E-state index in [9.17, 15) is 9.18 Å². The Labute approximate surface area is 177 Å². The number of nitrogens with zero attached hydrogens (tertiary/aromatic N) is 3. The van der Waals surface area contributed by atoms with Crippen LogP contribution in [0.3, 0.4) is 0 Å². The molecule has 0 saturated carbocycles. The molecule has 2 heterocycles. The van der Waals surface area contributed by atoms with Crippen molar-refractivity contribution in [1.29, 1.82) is 0 Å². The Morgan fingerprint density at radius 3 is 2.65 bits per heavy atom. The van der Waals surface area contributed by atoms with E-state index in [2.05, 4.69) is 20.3 Å². The van der Waals surface area contributed by atoms with E-state index in [0.717, 1.165) is 22.3 Å². The highest BCUT2D eigenvalue weighted by Gasteiger charge is 2.41. The molecule has 9 heteroatoms. The van der Waals surface area contributed by atoms with E-state index in [1.54, 1.807) is 24.5 Å². The second-order valence-electron chi connectivity index (χ2n) is 6.65. The number of amidine groups is 1. The molecule has 0 aliphatic carbocycles. The van der Waals surface area contributed by atoms with Gasteiger partial charge >= 0.3 is 12.5 Å². The molecule has 2 aromatic carbocycles. The largest absolute Gasteiger partial charge is 0.491 e. The molecule has 0 saturated heterocycles. The summed E-state index contributed by atoms with van der Waals surface area (Å²) in [6.07, 6.45) is 4.94. The van der Waals surface area contributed by atoms with Crippen molar-refractivity contribution in [2.45, 2.75) is 5.54 Å². The van der Waals surface area contributed by atoms with Crippen LogP contribution in [0, 0.1) is 0 Å². The second kappa shape index (κ2) is 9.21. The van der Waals surface area contributed by atoms with Gasteiger partial charge in [-0.1, -0.05) is 30.3 Å². The van der Waals surface area contributed by atoms with Crippen LogP contribution in [0.4, 0.5) is 4.39 Å². The highest BCUT2D eigenvalue weighted by molar-refractivity contribution is 5.77. The average Bonchev–Trinajstić information content (AvgIpc) is 3.28. The SMILES string of the molecule is O=CONC1=NC(c2ccc(OCCF)cc2)(c2cccc(-c3cncnc3)c2)CO1. The number of rotatable bonds is 8. The van der Waals surface area contributed by atoms with Crippen LogP contribution < -0.4 is 10.2 Å². The van der Waals surface area contributed by atoms with E-state index in [1.165, 1.54) is 6.33 Å². The number of carbonyl (C=O) groups is 1. The van der Waals surface area contributed by atoms with Crippen LogP contribution in [0.15, 0.2) is 72.2 Å². The lowest BCUT2D eigenvalue weighted by molar-refractivity contribution is -0.132. The average molecular weight is 422 g/mol. The van der Waals surface area contributed by atoms with Gasteiger partial charge < -0.3 is 14.3 Å². The molecular formula is C22H19FN4O4. The Balaban J connectivity index is 1.75. The van der Waals surface area contributed by atoms with Gasteiger partial charge in [0.25, 0.3) is 0 Å². The third-order valence-electron chi connectivity index (χ3n) is 4.82. The molecular weight excluding hydrogens is 403 g/mol. The number of aliphatic imine (C=N–C) groups is 1. The lowest BCUT2D eigenvalue weighted by atomic mass is 9.83. The van der Waals surface area contributed by atoms with Crippen molar-refractivity contribution in [1.82, 2.24) is 15.4 Å². The lowest BCUT2D eigenvalue weighted by Crippen LogP contribution is -2.27. The quantitative estimate of drug-likeness (QED) is 0.441. The molecule has 31 heavy (non-hydrogen) atoms. The number of hydrogen-bond donors (Lipinski definition) is 1. The number of hydrogen-bond acceptors (Lipinski definition) is 8. The first kappa shape index (κ1) is 20.3. The molecule has 1 atom stereocenters. The first-order valence-corrected chi connectivity index (χ1v) is 9.48. The molecule has 1 N–H and O–H groups in total. The maximum Gasteiger partial charge on any atom is 0.320 e. The van der Waals surface area contributed by atoms with Crippen molar-refractivity contribution in [3.63, 3.8) is 0 Å². The third kappa shape index (κ3) is 4.30. The molecule has 0 radical (unpaired) electrons. The molecule has 1 aliphatic rings. The van der Waals surface area contributed by atoms with Gasteiger partial charge in [0.15, 0.2) is 5.54 Å². The summed E-state index contributed by atoms with van der Waals surface area (Å²) in [5.74, 6) is 0.553. The molecule has 1 aromatic heterocycles. The number of hydroxylamine groups is 1. The van der Waals surface area contributed by atoms with Crippen LogP contribution in [-0.4, -0.2) is 42.4 Å². The van der Waals surface area contributed by atoms with E-state index in [-0.39, 0.29) is 25.7 Å². The number of alkyl halides is 1. The van der Waals surface area contributed by atoms with Gasteiger partial charge in [-0.25, -0.2) is 19.4 Å². The molecule has 3 aromatic rings. The zero-order chi connectivity index (χ0) is 21.5. The van der Waals surface area contributed by atoms with Crippen LogP contribution in [-0.2, 0) is 19.9 Å². The number of aromatic nitrogens is 2. The Morgan fingerprint density at radius 2 is 1.90 bits per heavy atom. The molecule has 8 nitrogen and oxygen atoms in total. The minimum atomic E-state index is -0.904. The summed E-state index contributed by atoms with van der Waals surface area (Å²) in [7, 11) is 0. The monoisotopic (exact) mass is 422 g/mol. The predicted molar refractivity (Wildman–Crippen MR) is 110 cm³/mol. The first-order chi connectivity index (χ1) is 15.2. The Kier molecular flexibility index (Phi) is 6.02.